The van der Waals surface area contributed by atoms with E-state index in [-0.39, 0.29) is 12.0 Å². The number of aromatic nitrogens is 1. The van der Waals surface area contributed by atoms with Crippen molar-refractivity contribution < 1.29 is 9.53 Å². The van der Waals surface area contributed by atoms with Gasteiger partial charge in [0.2, 0.25) is 5.88 Å². The second kappa shape index (κ2) is 7.31. The first-order valence-corrected chi connectivity index (χ1v) is 8.74. The van der Waals surface area contributed by atoms with E-state index >= 15 is 0 Å². The highest BCUT2D eigenvalue weighted by atomic mass is 35.5. The monoisotopic (exact) mass is 359 g/mol. The number of anilines is 1. The van der Waals surface area contributed by atoms with Crippen LogP contribution in [0.25, 0.3) is 0 Å². The molecule has 0 radical (unpaired) electrons. The summed E-state index contributed by atoms with van der Waals surface area (Å²) in [5, 5.41) is 0.354. The molecule has 1 aromatic carbocycles. The van der Waals surface area contributed by atoms with Gasteiger partial charge in [-0.1, -0.05) is 29.8 Å². The molecule has 1 aromatic heterocycles. The van der Waals surface area contributed by atoms with Gasteiger partial charge in [0.15, 0.2) is 0 Å². The van der Waals surface area contributed by atoms with E-state index in [1.54, 1.807) is 6.07 Å². The van der Waals surface area contributed by atoms with Crippen LogP contribution in [0, 0.1) is 0 Å². The summed E-state index contributed by atoms with van der Waals surface area (Å²) in [5.41, 5.74) is 2.77. The third-order valence-corrected chi connectivity index (χ3v) is 4.43. The number of amides is 1. The lowest BCUT2D eigenvalue weighted by molar-refractivity contribution is 0.0751. The minimum absolute atomic E-state index is 0.0239. The Bertz CT molecular complexity index is 779. The molecule has 0 saturated carbocycles. The molecule has 132 valence electrons. The van der Waals surface area contributed by atoms with E-state index in [0.717, 1.165) is 17.8 Å². The van der Waals surface area contributed by atoms with Crippen LogP contribution in [0.4, 0.5) is 5.69 Å². The van der Waals surface area contributed by atoms with Crippen LogP contribution in [0.2, 0.25) is 5.02 Å². The quantitative estimate of drug-likeness (QED) is 0.839. The molecular formula is C19H22ClN3O2. The molecule has 1 amide bonds. The number of fused-ring (bicyclic) bond motifs is 1. The van der Waals surface area contributed by atoms with Gasteiger partial charge in [-0.05, 0) is 31.5 Å². The molecular weight excluding hydrogens is 338 g/mol. The molecule has 0 bridgehead atoms. The molecule has 0 fully saturated rings. The molecule has 0 spiro atoms. The molecule has 0 unspecified atom stereocenters. The molecule has 5 nitrogen and oxygen atoms in total. The summed E-state index contributed by atoms with van der Waals surface area (Å²) < 4.78 is 5.53. The average molecular weight is 360 g/mol. The Morgan fingerprint density at radius 1 is 1.28 bits per heavy atom. The number of carbonyl (C=O) groups is 1. The highest BCUT2D eigenvalue weighted by molar-refractivity contribution is 6.32. The maximum atomic E-state index is 12.9. The Morgan fingerprint density at radius 3 is 2.76 bits per heavy atom. The van der Waals surface area contributed by atoms with Gasteiger partial charge in [-0.2, -0.15) is 0 Å². The summed E-state index contributed by atoms with van der Waals surface area (Å²) in [6.07, 6.45) is 1.51. The van der Waals surface area contributed by atoms with E-state index in [2.05, 4.69) is 22.0 Å². The normalized spacial score (nSPS) is 14.3. The number of rotatable bonds is 3. The maximum absolute atomic E-state index is 12.9. The summed E-state index contributed by atoms with van der Waals surface area (Å²) in [4.78, 5) is 21.1. The van der Waals surface area contributed by atoms with Crippen LogP contribution in [-0.2, 0) is 6.54 Å². The Labute approximate surface area is 153 Å². The Hall–Kier alpha value is -2.27. The largest absolute Gasteiger partial charge is 0.474 e. The lowest BCUT2D eigenvalue weighted by Gasteiger charge is -2.21. The van der Waals surface area contributed by atoms with Crippen LogP contribution in [0.5, 0.6) is 5.88 Å². The van der Waals surface area contributed by atoms with Crippen molar-refractivity contribution in [3.8, 4) is 5.88 Å². The van der Waals surface area contributed by atoms with Gasteiger partial charge >= 0.3 is 0 Å². The second-order valence-electron chi connectivity index (χ2n) is 6.45. The first-order chi connectivity index (χ1) is 12.0. The molecule has 6 heteroatoms. The fourth-order valence-corrected chi connectivity index (χ4v) is 3.11. The van der Waals surface area contributed by atoms with E-state index in [1.165, 1.54) is 6.20 Å². The lowest BCUT2D eigenvalue weighted by Crippen LogP contribution is -2.34. The number of nitrogens with zero attached hydrogens (tertiary/aromatic N) is 3. The zero-order valence-corrected chi connectivity index (χ0v) is 15.5. The van der Waals surface area contributed by atoms with Gasteiger partial charge in [0.25, 0.3) is 5.91 Å². The summed E-state index contributed by atoms with van der Waals surface area (Å²) in [5.74, 6) is 0.282. The third kappa shape index (κ3) is 3.87. The summed E-state index contributed by atoms with van der Waals surface area (Å²) in [6.45, 7) is 5.80. The summed E-state index contributed by atoms with van der Waals surface area (Å²) >= 11 is 6.23. The van der Waals surface area contributed by atoms with Crippen molar-refractivity contribution >= 4 is 23.2 Å². The second-order valence-corrected chi connectivity index (χ2v) is 6.86. The molecule has 0 atom stereocenters. The fourth-order valence-electron chi connectivity index (χ4n) is 2.90. The van der Waals surface area contributed by atoms with Crippen molar-refractivity contribution in [2.75, 3.05) is 25.0 Å². The Balaban J connectivity index is 1.83. The third-order valence-electron chi connectivity index (χ3n) is 4.16. The van der Waals surface area contributed by atoms with Gasteiger partial charge in [0.1, 0.15) is 5.02 Å². The van der Waals surface area contributed by atoms with Gasteiger partial charge in [-0.15, -0.1) is 0 Å². The number of carbonyl (C=O) groups excluding carboxylic acids is 1. The topological polar surface area (TPSA) is 45.7 Å². The molecule has 25 heavy (non-hydrogen) atoms. The van der Waals surface area contributed by atoms with E-state index in [1.807, 2.05) is 37.9 Å². The molecule has 0 saturated heterocycles. The molecule has 0 aliphatic carbocycles. The lowest BCUT2D eigenvalue weighted by atomic mass is 10.1. The first kappa shape index (κ1) is 17.5. The number of hydrogen-bond acceptors (Lipinski definition) is 4. The van der Waals surface area contributed by atoms with E-state index < -0.39 is 0 Å². The highest BCUT2D eigenvalue weighted by Crippen LogP contribution is 2.27. The Kier molecular flexibility index (Phi) is 5.13. The van der Waals surface area contributed by atoms with Crippen LogP contribution in [0.1, 0.15) is 29.8 Å². The van der Waals surface area contributed by atoms with Crippen LogP contribution >= 0.6 is 11.6 Å². The average Bonchev–Trinajstić information content (AvgIpc) is 2.75. The SMILES string of the molecule is CC(C)Oc1ncc(C(=O)N2CCN(C)c3ccccc3C2)cc1Cl. The predicted molar refractivity (Wildman–Crippen MR) is 99.5 cm³/mol. The number of pyridine rings is 1. The van der Waals surface area contributed by atoms with E-state index in [4.69, 9.17) is 16.3 Å². The maximum Gasteiger partial charge on any atom is 0.255 e. The molecule has 2 aromatic rings. The number of hydrogen-bond donors (Lipinski definition) is 0. The zero-order valence-electron chi connectivity index (χ0n) is 14.7. The van der Waals surface area contributed by atoms with Crippen molar-refractivity contribution in [2.45, 2.75) is 26.5 Å². The van der Waals surface area contributed by atoms with Crippen molar-refractivity contribution in [1.29, 1.82) is 0 Å². The smallest absolute Gasteiger partial charge is 0.255 e. The van der Waals surface area contributed by atoms with Crippen molar-refractivity contribution in [3.63, 3.8) is 0 Å². The van der Waals surface area contributed by atoms with Gasteiger partial charge in [-0.25, -0.2) is 4.98 Å². The summed E-state index contributed by atoms with van der Waals surface area (Å²) in [7, 11) is 2.04. The number of benzene rings is 1. The number of likely N-dealkylation sites (N-methyl/N-ethyl adjacent to an activating group) is 1. The van der Waals surface area contributed by atoms with Crippen LogP contribution < -0.4 is 9.64 Å². The fraction of sp³-hybridized carbons (Fsp3) is 0.368. The molecule has 3 rings (SSSR count). The first-order valence-electron chi connectivity index (χ1n) is 8.36. The molecule has 1 aliphatic rings. The van der Waals surface area contributed by atoms with Crippen LogP contribution in [-0.4, -0.2) is 42.0 Å². The minimum atomic E-state index is -0.0735. The molecule has 1 aliphatic heterocycles. The van der Waals surface area contributed by atoms with Crippen LogP contribution in [0.3, 0.4) is 0 Å². The number of ether oxygens (including phenoxy) is 1. The van der Waals surface area contributed by atoms with Crippen molar-refractivity contribution in [2.24, 2.45) is 0 Å². The highest BCUT2D eigenvalue weighted by Gasteiger charge is 2.23. The van der Waals surface area contributed by atoms with Gasteiger partial charge < -0.3 is 14.5 Å². The number of para-hydroxylation sites is 1. The van der Waals surface area contributed by atoms with Crippen LogP contribution in [0.15, 0.2) is 36.5 Å². The van der Waals surface area contributed by atoms with E-state index in [9.17, 15) is 4.79 Å². The Morgan fingerprint density at radius 2 is 2.04 bits per heavy atom. The van der Waals surface area contributed by atoms with Crippen molar-refractivity contribution in [1.82, 2.24) is 9.88 Å². The molecule has 2 heterocycles. The number of halogens is 1. The minimum Gasteiger partial charge on any atom is -0.474 e. The van der Waals surface area contributed by atoms with Gasteiger partial charge in [0.05, 0.1) is 11.7 Å². The van der Waals surface area contributed by atoms with Gasteiger partial charge in [0, 0.05) is 38.6 Å². The standard InChI is InChI=1S/C19H22ClN3O2/c1-13(2)25-18-16(20)10-15(11-21-18)19(24)23-9-8-22(3)17-7-5-4-6-14(17)12-23/h4-7,10-11,13H,8-9,12H2,1-3H3. The summed E-state index contributed by atoms with van der Waals surface area (Å²) in [6, 6.07) is 9.79. The van der Waals surface area contributed by atoms with E-state index in [0.29, 0.717) is 29.6 Å². The zero-order chi connectivity index (χ0) is 18.0. The molecule has 0 N–H and O–H groups in total. The van der Waals surface area contributed by atoms with Crippen molar-refractivity contribution in [3.05, 3.63) is 52.7 Å². The predicted octanol–water partition coefficient (Wildman–Crippen LogP) is 3.61. The van der Waals surface area contributed by atoms with Gasteiger partial charge in [-0.3, -0.25) is 4.79 Å².